The third-order valence-electron chi connectivity index (χ3n) is 4.69. The number of carbonyl (C=O) groups is 1. The van der Waals surface area contributed by atoms with Crippen LogP contribution in [0.15, 0.2) is 36.4 Å². The van der Waals surface area contributed by atoms with E-state index in [1.54, 1.807) is 6.07 Å². The third kappa shape index (κ3) is 3.46. The first-order valence-corrected chi connectivity index (χ1v) is 8.38. The van der Waals surface area contributed by atoms with Gasteiger partial charge in [-0.25, -0.2) is 0 Å². The summed E-state index contributed by atoms with van der Waals surface area (Å²) in [6, 6.07) is 11.4. The molecule has 0 aromatic heterocycles. The van der Waals surface area contributed by atoms with E-state index < -0.39 is 0 Å². The van der Waals surface area contributed by atoms with Crippen molar-refractivity contribution in [2.45, 2.75) is 26.4 Å². The number of phenolic OH excluding ortho intramolecular Hbond substituents is 1. The first-order chi connectivity index (χ1) is 12.0. The van der Waals surface area contributed by atoms with Gasteiger partial charge in [0.2, 0.25) is 0 Å². The van der Waals surface area contributed by atoms with Gasteiger partial charge in [-0.2, -0.15) is 0 Å². The Balaban J connectivity index is 1.99. The van der Waals surface area contributed by atoms with Crippen LogP contribution in [0.3, 0.4) is 0 Å². The zero-order valence-electron chi connectivity index (χ0n) is 14.8. The summed E-state index contributed by atoms with van der Waals surface area (Å²) in [6.45, 7) is 5.37. The van der Waals surface area contributed by atoms with Crippen LogP contribution in [0.5, 0.6) is 11.5 Å². The molecule has 1 atom stereocenters. The maximum absolute atomic E-state index is 11.9. The van der Waals surface area contributed by atoms with Gasteiger partial charge in [0, 0.05) is 18.7 Å². The normalized spacial score (nSPS) is 15.6. The minimum Gasteiger partial charge on any atom is -0.504 e. The second-order valence-corrected chi connectivity index (χ2v) is 6.32. The molecule has 132 valence electrons. The van der Waals surface area contributed by atoms with Gasteiger partial charge in [-0.3, -0.25) is 9.69 Å². The van der Waals surface area contributed by atoms with Crippen molar-refractivity contribution in [3.8, 4) is 22.6 Å². The van der Waals surface area contributed by atoms with Gasteiger partial charge in [-0.05, 0) is 42.7 Å². The van der Waals surface area contributed by atoms with E-state index in [0.717, 1.165) is 22.3 Å². The summed E-state index contributed by atoms with van der Waals surface area (Å²) >= 11 is 0. The summed E-state index contributed by atoms with van der Waals surface area (Å²) in [5.74, 6) is 0.350. The molecular formula is C20H23NO4. The van der Waals surface area contributed by atoms with Gasteiger partial charge in [0.25, 0.3) is 0 Å². The van der Waals surface area contributed by atoms with Crippen LogP contribution in [0.25, 0.3) is 11.1 Å². The summed E-state index contributed by atoms with van der Waals surface area (Å²) in [7, 11) is 1.39. The molecule has 0 saturated carbocycles. The van der Waals surface area contributed by atoms with Crippen molar-refractivity contribution in [2.75, 3.05) is 20.3 Å². The van der Waals surface area contributed by atoms with Crippen molar-refractivity contribution < 1.29 is 19.4 Å². The molecule has 5 nitrogen and oxygen atoms in total. The minimum absolute atomic E-state index is 0.128. The lowest BCUT2D eigenvalue weighted by molar-refractivity contribution is -0.146. The van der Waals surface area contributed by atoms with Crippen molar-refractivity contribution in [1.82, 2.24) is 4.90 Å². The number of hydrogen-bond donors (Lipinski definition) is 1. The summed E-state index contributed by atoms with van der Waals surface area (Å²) in [5, 5.41) is 10.5. The van der Waals surface area contributed by atoms with Gasteiger partial charge in [0.05, 0.1) is 7.11 Å². The predicted octanol–water partition coefficient (Wildman–Crippen LogP) is 3.12. The Morgan fingerprint density at radius 1 is 1.32 bits per heavy atom. The molecule has 0 spiro atoms. The number of aryl methyl sites for hydroxylation is 1. The SMILES string of the molecule is COC(=O)[C@@H](C)N1CCOc2c(O)cc(-c3ccccc3C)cc2C1. The number of nitrogens with zero attached hydrogens (tertiary/aromatic N) is 1. The highest BCUT2D eigenvalue weighted by molar-refractivity contribution is 5.75. The highest BCUT2D eigenvalue weighted by Gasteiger charge is 2.27. The molecule has 1 aliphatic rings. The van der Waals surface area contributed by atoms with E-state index in [9.17, 15) is 9.90 Å². The smallest absolute Gasteiger partial charge is 0.322 e. The molecule has 5 heteroatoms. The first kappa shape index (κ1) is 17.3. The molecule has 1 N–H and O–H groups in total. The molecule has 0 aliphatic carbocycles. The van der Waals surface area contributed by atoms with Crippen LogP contribution in [-0.2, 0) is 16.1 Å². The van der Waals surface area contributed by atoms with Gasteiger partial charge in [0.15, 0.2) is 11.5 Å². The molecule has 0 fully saturated rings. The van der Waals surface area contributed by atoms with Gasteiger partial charge >= 0.3 is 5.97 Å². The molecule has 0 saturated heterocycles. The number of esters is 1. The van der Waals surface area contributed by atoms with Crippen molar-refractivity contribution in [2.24, 2.45) is 0 Å². The van der Waals surface area contributed by atoms with Crippen LogP contribution in [-0.4, -0.2) is 42.3 Å². The van der Waals surface area contributed by atoms with Crippen LogP contribution in [0.2, 0.25) is 0 Å². The number of rotatable bonds is 3. The largest absolute Gasteiger partial charge is 0.504 e. The minimum atomic E-state index is -0.371. The zero-order chi connectivity index (χ0) is 18.0. The molecule has 0 radical (unpaired) electrons. The first-order valence-electron chi connectivity index (χ1n) is 8.38. The van der Waals surface area contributed by atoms with Gasteiger partial charge in [-0.1, -0.05) is 24.3 Å². The highest BCUT2D eigenvalue weighted by Crippen LogP contribution is 2.38. The number of hydrogen-bond acceptors (Lipinski definition) is 5. The van der Waals surface area contributed by atoms with Crippen LogP contribution in [0.4, 0.5) is 0 Å². The topological polar surface area (TPSA) is 59.0 Å². The fourth-order valence-corrected chi connectivity index (χ4v) is 3.22. The second kappa shape index (κ2) is 7.15. The summed E-state index contributed by atoms with van der Waals surface area (Å²) < 4.78 is 10.6. The van der Waals surface area contributed by atoms with E-state index in [0.29, 0.717) is 25.4 Å². The Bertz CT molecular complexity index is 787. The number of phenols is 1. The van der Waals surface area contributed by atoms with E-state index in [4.69, 9.17) is 9.47 Å². The Kier molecular flexibility index (Phi) is 4.95. The second-order valence-electron chi connectivity index (χ2n) is 6.32. The number of fused-ring (bicyclic) bond motifs is 1. The lowest BCUT2D eigenvalue weighted by Crippen LogP contribution is -2.40. The van der Waals surface area contributed by atoms with Crippen molar-refractivity contribution in [3.05, 3.63) is 47.5 Å². The average molecular weight is 341 g/mol. The number of ether oxygens (including phenoxy) is 2. The Labute approximate surface area is 147 Å². The van der Waals surface area contributed by atoms with Gasteiger partial charge in [-0.15, -0.1) is 0 Å². The maximum Gasteiger partial charge on any atom is 0.322 e. The summed E-state index contributed by atoms with van der Waals surface area (Å²) in [6.07, 6.45) is 0. The van der Waals surface area contributed by atoms with Gasteiger partial charge < -0.3 is 14.6 Å². The summed E-state index contributed by atoms with van der Waals surface area (Å²) in [4.78, 5) is 13.9. The Morgan fingerprint density at radius 2 is 2.08 bits per heavy atom. The lowest BCUT2D eigenvalue weighted by atomic mass is 9.97. The standard InChI is InChI=1S/C20H23NO4/c1-13-6-4-5-7-17(13)15-10-16-12-21(14(2)20(23)24-3)8-9-25-19(16)18(22)11-15/h4-7,10-11,14,22H,8-9,12H2,1-3H3/t14-/m1/s1. The molecule has 1 aliphatic heterocycles. The molecule has 2 aromatic rings. The lowest BCUT2D eigenvalue weighted by Gasteiger charge is -2.24. The molecule has 0 amide bonds. The van der Waals surface area contributed by atoms with E-state index >= 15 is 0 Å². The number of methoxy groups -OCH3 is 1. The molecule has 2 aromatic carbocycles. The third-order valence-corrected chi connectivity index (χ3v) is 4.69. The molecule has 1 heterocycles. The summed E-state index contributed by atoms with van der Waals surface area (Å²) in [5.41, 5.74) is 4.01. The zero-order valence-corrected chi connectivity index (χ0v) is 14.8. The van der Waals surface area contributed by atoms with Crippen molar-refractivity contribution >= 4 is 5.97 Å². The molecule has 25 heavy (non-hydrogen) atoms. The molecule has 0 unspecified atom stereocenters. The Morgan fingerprint density at radius 3 is 2.80 bits per heavy atom. The average Bonchev–Trinajstić information content (AvgIpc) is 2.83. The fraction of sp³-hybridized carbons (Fsp3) is 0.350. The van der Waals surface area contributed by atoms with Crippen LogP contribution in [0, 0.1) is 6.92 Å². The van der Waals surface area contributed by atoms with E-state index in [2.05, 4.69) is 0 Å². The van der Waals surface area contributed by atoms with Crippen molar-refractivity contribution in [1.29, 1.82) is 0 Å². The van der Waals surface area contributed by atoms with Crippen molar-refractivity contribution in [3.63, 3.8) is 0 Å². The Hall–Kier alpha value is -2.53. The van der Waals surface area contributed by atoms with Crippen LogP contribution < -0.4 is 4.74 Å². The number of aromatic hydroxyl groups is 1. The molecule has 0 bridgehead atoms. The fourth-order valence-electron chi connectivity index (χ4n) is 3.22. The molecule has 3 rings (SSSR count). The number of carbonyl (C=O) groups excluding carboxylic acids is 1. The van der Waals surface area contributed by atoms with E-state index in [-0.39, 0.29) is 17.8 Å². The number of benzene rings is 2. The maximum atomic E-state index is 11.9. The predicted molar refractivity (Wildman–Crippen MR) is 95.7 cm³/mol. The van der Waals surface area contributed by atoms with Gasteiger partial charge in [0.1, 0.15) is 12.6 Å². The monoisotopic (exact) mass is 341 g/mol. The van der Waals surface area contributed by atoms with Crippen LogP contribution >= 0.6 is 0 Å². The van der Waals surface area contributed by atoms with E-state index in [1.807, 2.05) is 49.1 Å². The molecular weight excluding hydrogens is 318 g/mol. The van der Waals surface area contributed by atoms with Crippen LogP contribution in [0.1, 0.15) is 18.1 Å². The van der Waals surface area contributed by atoms with E-state index in [1.165, 1.54) is 7.11 Å². The quantitative estimate of drug-likeness (QED) is 0.869. The highest BCUT2D eigenvalue weighted by atomic mass is 16.5.